The van der Waals surface area contributed by atoms with Gasteiger partial charge in [0, 0.05) is 30.8 Å². The van der Waals surface area contributed by atoms with E-state index in [1.807, 2.05) is 12.1 Å². The second kappa shape index (κ2) is 6.43. The molecule has 0 spiro atoms. The number of carbonyl (C=O) groups excluding carboxylic acids is 1. The standard InChI is InChI=1S/C19H23N3O3/c1-12-10-22(14-5-7-15(24-2)8-6-14)11-17(12)20-19(23)16-9-18(25-21-16)13-3-4-13/h5-9,12-13,17H,3-4,10-11H2,1-2H3,(H,20,23)/t12-,17-/m0/s1. The van der Waals surface area contributed by atoms with Crippen molar-refractivity contribution in [1.82, 2.24) is 10.5 Å². The van der Waals surface area contributed by atoms with Crippen LogP contribution in [0.2, 0.25) is 0 Å². The van der Waals surface area contributed by atoms with Crippen LogP contribution in [-0.4, -0.2) is 37.3 Å². The van der Waals surface area contributed by atoms with Crippen LogP contribution in [0.1, 0.15) is 41.9 Å². The summed E-state index contributed by atoms with van der Waals surface area (Å²) in [6.45, 7) is 3.85. The van der Waals surface area contributed by atoms with Crippen molar-refractivity contribution in [2.24, 2.45) is 5.92 Å². The molecule has 1 saturated carbocycles. The Bertz CT molecular complexity index is 752. The van der Waals surface area contributed by atoms with Gasteiger partial charge >= 0.3 is 0 Å². The lowest BCUT2D eigenvalue weighted by Gasteiger charge is -2.19. The zero-order chi connectivity index (χ0) is 17.4. The molecule has 1 aliphatic carbocycles. The first kappa shape index (κ1) is 16.0. The molecule has 132 valence electrons. The minimum atomic E-state index is -0.149. The number of ether oxygens (including phenoxy) is 1. The van der Waals surface area contributed by atoms with E-state index in [2.05, 4.69) is 34.4 Å². The van der Waals surface area contributed by atoms with Crippen molar-refractivity contribution < 1.29 is 14.1 Å². The fourth-order valence-electron chi connectivity index (χ4n) is 3.36. The van der Waals surface area contributed by atoms with Gasteiger partial charge in [-0.2, -0.15) is 0 Å². The summed E-state index contributed by atoms with van der Waals surface area (Å²) in [4.78, 5) is 14.7. The summed E-state index contributed by atoms with van der Waals surface area (Å²) in [6.07, 6.45) is 2.26. The number of hydrogen-bond donors (Lipinski definition) is 1. The van der Waals surface area contributed by atoms with Gasteiger partial charge < -0.3 is 19.5 Å². The Morgan fingerprint density at radius 3 is 2.72 bits per heavy atom. The van der Waals surface area contributed by atoms with E-state index >= 15 is 0 Å². The number of benzene rings is 1. The highest BCUT2D eigenvalue weighted by atomic mass is 16.5. The summed E-state index contributed by atoms with van der Waals surface area (Å²) in [5.74, 6) is 2.36. The summed E-state index contributed by atoms with van der Waals surface area (Å²) < 4.78 is 10.5. The van der Waals surface area contributed by atoms with Crippen molar-refractivity contribution in [2.75, 3.05) is 25.1 Å². The molecule has 4 rings (SSSR count). The molecule has 0 radical (unpaired) electrons. The average molecular weight is 341 g/mol. The number of anilines is 1. The molecule has 2 heterocycles. The lowest BCUT2D eigenvalue weighted by Crippen LogP contribution is -2.40. The molecule has 0 bridgehead atoms. The second-order valence-electron chi connectivity index (χ2n) is 7.05. The Balaban J connectivity index is 1.39. The van der Waals surface area contributed by atoms with E-state index in [1.54, 1.807) is 13.2 Å². The Morgan fingerprint density at radius 2 is 2.04 bits per heavy atom. The van der Waals surface area contributed by atoms with E-state index in [0.717, 1.165) is 43.1 Å². The molecule has 1 aliphatic heterocycles. The molecule has 1 aromatic heterocycles. The maximum Gasteiger partial charge on any atom is 0.273 e. The number of aromatic nitrogens is 1. The lowest BCUT2D eigenvalue weighted by atomic mass is 10.1. The third kappa shape index (κ3) is 3.34. The van der Waals surface area contributed by atoms with Crippen LogP contribution in [0, 0.1) is 5.92 Å². The van der Waals surface area contributed by atoms with E-state index in [4.69, 9.17) is 9.26 Å². The zero-order valence-corrected chi connectivity index (χ0v) is 14.6. The first-order valence-corrected chi connectivity index (χ1v) is 8.80. The number of carbonyl (C=O) groups is 1. The van der Waals surface area contributed by atoms with Gasteiger partial charge in [-0.05, 0) is 43.0 Å². The number of nitrogens with zero attached hydrogens (tertiary/aromatic N) is 2. The lowest BCUT2D eigenvalue weighted by molar-refractivity contribution is 0.0924. The molecule has 1 saturated heterocycles. The minimum Gasteiger partial charge on any atom is -0.497 e. The van der Waals surface area contributed by atoms with E-state index in [9.17, 15) is 4.79 Å². The summed E-state index contributed by atoms with van der Waals surface area (Å²) >= 11 is 0. The van der Waals surface area contributed by atoms with Crippen molar-refractivity contribution >= 4 is 11.6 Å². The fourth-order valence-corrected chi connectivity index (χ4v) is 3.36. The van der Waals surface area contributed by atoms with E-state index in [-0.39, 0.29) is 11.9 Å². The topological polar surface area (TPSA) is 67.6 Å². The summed E-state index contributed by atoms with van der Waals surface area (Å²) in [5.41, 5.74) is 1.53. The van der Waals surface area contributed by atoms with Crippen LogP contribution in [0.15, 0.2) is 34.9 Å². The fraction of sp³-hybridized carbons (Fsp3) is 0.474. The number of rotatable bonds is 5. The molecular formula is C19H23N3O3. The average Bonchev–Trinajstić information content (AvgIpc) is 3.25. The highest BCUT2D eigenvalue weighted by Gasteiger charge is 2.33. The van der Waals surface area contributed by atoms with Gasteiger partial charge in [-0.25, -0.2) is 0 Å². The van der Waals surface area contributed by atoms with Gasteiger partial charge in [-0.1, -0.05) is 12.1 Å². The SMILES string of the molecule is COc1ccc(N2C[C@H](NC(=O)c3cc(C4CC4)on3)[C@@H](C)C2)cc1. The summed E-state index contributed by atoms with van der Waals surface area (Å²) in [5, 5.41) is 7.04. The van der Waals surface area contributed by atoms with Gasteiger partial charge in [-0.15, -0.1) is 0 Å². The summed E-state index contributed by atoms with van der Waals surface area (Å²) in [6, 6.07) is 9.90. The van der Waals surface area contributed by atoms with Gasteiger partial charge in [0.2, 0.25) is 0 Å². The maximum absolute atomic E-state index is 12.5. The number of amides is 1. The maximum atomic E-state index is 12.5. The van der Waals surface area contributed by atoms with Gasteiger partial charge in [0.15, 0.2) is 5.69 Å². The van der Waals surface area contributed by atoms with Gasteiger partial charge in [0.25, 0.3) is 5.91 Å². The van der Waals surface area contributed by atoms with Crippen LogP contribution < -0.4 is 15.0 Å². The molecule has 2 aliphatic rings. The Kier molecular flexibility index (Phi) is 4.11. The number of hydrogen-bond acceptors (Lipinski definition) is 5. The van der Waals surface area contributed by atoms with Crippen molar-refractivity contribution in [3.63, 3.8) is 0 Å². The summed E-state index contributed by atoms with van der Waals surface area (Å²) in [7, 11) is 1.66. The second-order valence-corrected chi connectivity index (χ2v) is 7.05. The smallest absolute Gasteiger partial charge is 0.273 e. The zero-order valence-electron chi connectivity index (χ0n) is 14.6. The third-order valence-electron chi connectivity index (χ3n) is 5.11. The van der Waals surface area contributed by atoms with Crippen LogP contribution in [-0.2, 0) is 0 Å². The largest absolute Gasteiger partial charge is 0.497 e. The van der Waals surface area contributed by atoms with E-state index in [1.165, 1.54) is 0 Å². The molecule has 2 atom stereocenters. The monoisotopic (exact) mass is 341 g/mol. The van der Waals surface area contributed by atoms with Crippen molar-refractivity contribution in [1.29, 1.82) is 0 Å². The minimum absolute atomic E-state index is 0.0932. The number of methoxy groups -OCH3 is 1. The van der Waals surface area contributed by atoms with Crippen molar-refractivity contribution in [3.05, 3.63) is 41.8 Å². The highest BCUT2D eigenvalue weighted by molar-refractivity contribution is 5.92. The van der Waals surface area contributed by atoms with Crippen LogP contribution in [0.3, 0.4) is 0 Å². The van der Waals surface area contributed by atoms with Crippen LogP contribution >= 0.6 is 0 Å². The van der Waals surface area contributed by atoms with Gasteiger partial charge in [-0.3, -0.25) is 4.79 Å². The van der Waals surface area contributed by atoms with Crippen LogP contribution in [0.4, 0.5) is 5.69 Å². The predicted molar refractivity (Wildman–Crippen MR) is 94.1 cm³/mol. The van der Waals surface area contributed by atoms with E-state index < -0.39 is 0 Å². The van der Waals surface area contributed by atoms with Crippen LogP contribution in [0.25, 0.3) is 0 Å². The number of nitrogens with one attached hydrogen (secondary N) is 1. The molecular weight excluding hydrogens is 318 g/mol. The molecule has 6 heteroatoms. The predicted octanol–water partition coefficient (Wildman–Crippen LogP) is 2.82. The van der Waals surface area contributed by atoms with Gasteiger partial charge in [0.1, 0.15) is 11.5 Å². The molecule has 6 nitrogen and oxygen atoms in total. The molecule has 1 N–H and O–H groups in total. The normalized spacial score (nSPS) is 22.9. The van der Waals surface area contributed by atoms with Crippen molar-refractivity contribution in [3.8, 4) is 5.75 Å². The molecule has 2 fully saturated rings. The Labute approximate surface area is 147 Å². The van der Waals surface area contributed by atoms with Crippen molar-refractivity contribution in [2.45, 2.75) is 31.7 Å². The Hall–Kier alpha value is -2.50. The first-order valence-electron chi connectivity index (χ1n) is 8.80. The van der Waals surface area contributed by atoms with Crippen LogP contribution in [0.5, 0.6) is 5.75 Å². The first-order chi connectivity index (χ1) is 12.1. The molecule has 25 heavy (non-hydrogen) atoms. The highest BCUT2D eigenvalue weighted by Crippen LogP contribution is 2.40. The quantitative estimate of drug-likeness (QED) is 0.906. The molecule has 1 aromatic carbocycles. The van der Waals surface area contributed by atoms with E-state index in [0.29, 0.717) is 17.5 Å². The molecule has 1 amide bonds. The Morgan fingerprint density at radius 1 is 1.28 bits per heavy atom. The third-order valence-corrected chi connectivity index (χ3v) is 5.11. The molecule has 0 unspecified atom stereocenters. The molecule has 2 aromatic rings. The van der Waals surface area contributed by atoms with Gasteiger partial charge in [0.05, 0.1) is 13.2 Å².